The molecule has 0 fully saturated rings. The Bertz CT molecular complexity index is 667. The Morgan fingerprint density at radius 1 is 0.964 bits per heavy atom. The highest BCUT2D eigenvalue weighted by Crippen LogP contribution is 2.15. The van der Waals surface area contributed by atoms with Gasteiger partial charge in [-0.15, -0.1) is 0 Å². The minimum atomic E-state index is 0.128. The fourth-order valence-electron chi connectivity index (χ4n) is 2.43. The average Bonchev–Trinajstić information content (AvgIpc) is 3.11. The first-order valence-electron chi connectivity index (χ1n) is 9.73. The van der Waals surface area contributed by atoms with Gasteiger partial charge in [-0.1, -0.05) is 5.21 Å². The maximum absolute atomic E-state index is 5.71. The van der Waals surface area contributed by atoms with Crippen LogP contribution in [0.1, 0.15) is 20.8 Å². The number of H-pyrrole nitrogens is 1. The van der Waals surface area contributed by atoms with Crippen LogP contribution in [-0.4, -0.2) is 62.0 Å². The number of aromatic nitrogens is 3. The summed E-state index contributed by atoms with van der Waals surface area (Å²) in [7, 11) is 0. The molecule has 0 aliphatic rings. The first kappa shape index (κ1) is 22.3. The summed E-state index contributed by atoms with van der Waals surface area (Å²) in [6.45, 7) is 11.5. The van der Waals surface area contributed by atoms with Gasteiger partial charge in [0.25, 0.3) is 0 Å². The molecule has 0 radical (unpaired) electrons. The monoisotopic (exact) mass is 392 g/mol. The van der Waals surface area contributed by atoms with Crippen LogP contribution >= 0.6 is 0 Å². The van der Waals surface area contributed by atoms with Gasteiger partial charge in [0.2, 0.25) is 5.69 Å². The van der Waals surface area contributed by atoms with Crippen molar-refractivity contribution in [2.45, 2.75) is 32.9 Å². The molecule has 8 nitrogen and oxygen atoms in total. The zero-order chi connectivity index (χ0) is 20.2. The van der Waals surface area contributed by atoms with E-state index in [0.29, 0.717) is 46.2 Å². The summed E-state index contributed by atoms with van der Waals surface area (Å²) < 4.78 is 18.5. The predicted molar refractivity (Wildman–Crippen MR) is 109 cm³/mol. The van der Waals surface area contributed by atoms with Gasteiger partial charge in [0.15, 0.2) is 6.20 Å². The van der Waals surface area contributed by atoms with E-state index in [1.54, 1.807) is 0 Å². The Labute approximate surface area is 167 Å². The van der Waals surface area contributed by atoms with Crippen LogP contribution in [0.15, 0.2) is 30.5 Å². The van der Waals surface area contributed by atoms with Crippen LogP contribution in [0.5, 0.6) is 0 Å². The van der Waals surface area contributed by atoms with Gasteiger partial charge in [0.1, 0.15) is 6.54 Å². The van der Waals surface area contributed by atoms with E-state index in [0.717, 1.165) is 23.5 Å². The molecule has 4 N–H and O–H groups in total. The minimum Gasteiger partial charge on any atom is -0.399 e. The average molecular weight is 393 g/mol. The zero-order valence-corrected chi connectivity index (χ0v) is 17.2. The quantitative estimate of drug-likeness (QED) is 0.271. The number of nitrogens with one attached hydrogen (secondary N) is 2. The molecule has 0 saturated heterocycles. The molecule has 0 aliphatic carbocycles. The second kappa shape index (κ2) is 11.8. The molecule has 0 bridgehead atoms. The number of nitrogens with zero attached hydrogens (tertiary/aromatic N) is 2. The number of nitrogens with two attached hydrogens (primary N) is 1. The molecule has 1 aromatic heterocycles. The van der Waals surface area contributed by atoms with E-state index >= 15 is 0 Å². The molecule has 0 unspecified atom stereocenters. The summed E-state index contributed by atoms with van der Waals surface area (Å²) in [6.07, 6.45) is 1.96. The van der Waals surface area contributed by atoms with Gasteiger partial charge in [-0.25, -0.2) is 0 Å². The van der Waals surface area contributed by atoms with E-state index < -0.39 is 0 Å². The van der Waals surface area contributed by atoms with Gasteiger partial charge in [0.05, 0.1) is 39.6 Å². The molecule has 0 amide bonds. The summed E-state index contributed by atoms with van der Waals surface area (Å²) in [5.41, 5.74) is 8.48. The summed E-state index contributed by atoms with van der Waals surface area (Å²) >= 11 is 0. The number of ether oxygens (including phenoxy) is 3. The largest absolute Gasteiger partial charge is 0.399 e. The summed E-state index contributed by atoms with van der Waals surface area (Å²) in [4.78, 5) is 0. The SMILES string of the molecule is CC(C)(C)NCCOCCOCCOCC[n+]1cc(-c2ccc(N)cc2)n[nH]1. The van der Waals surface area contributed by atoms with Crippen LogP contribution in [0.25, 0.3) is 11.3 Å². The van der Waals surface area contributed by atoms with Crippen molar-refractivity contribution in [2.75, 3.05) is 51.9 Å². The molecular weight excluding hydrogens is 358 g/mol. The highest BCUT2D eigenvalue weighted by atomic mass is 16.5. The van der Waals surface area contributed by atoms with Gasteiger partial charge in [-0.3, -0.25) is 0 Å². The van der Waals surface area contributed by atoms with E-state index in [4.69, 9.17) is 19.9 Å². The third-order valence-electron chi connectivity index (χ3n) is 3.91. The third-order valence-corrected chi connectivity index (χ3v) is 3.91. The lowest BCUT2D eigenvalue weighted by Crippen LogP contribution is -2.38. The zero-order valence-electron chi connectivity index (χ0n) is 17.2. The van der Waals surface area contributed by atoms with Crippen molar-refractivity contribution in [3.8, 4) is 11.3 Å². The number of hydrogen-bond donors (Lipinski definition) is 3. The van der Waals surface area contributed by atoms with Crippen molar-refractivity contribution in [3.63, 3.8) is 0 Å². The van der Waals surface area contributed by atoms with Crippen molar-refractivity contribution in [1.29, 1.82) is 0 Å². The number of aromatic amines is 1. The molecule has 1 aromatic carbocycles. The molecule has 0 aliphatic heterocycles. The van der Waals surface area contributed by atoms with Crippen molar-refractivity contribution in [2.24, 2.45) is 0 Å². The summed E-state index contributed by atoms with van der Waals surface area (Å²) in [6, 6.07) is 7.64. The molecule has 156 valence electrons. The lowest BCUT2D eigenvalue weighted by atomic mass is 10.1. The second-order valence-electron chi connectivity index (χ2n) is 7.56. The number of anilines is 1. The molecule has 2 rings (SSSR count). The maximum Gasteiger partial charge on any atom is 0.248 e. The number of nitrogen functional groups attached to an aromatic ring is 1. The topological polar surface area (TPSA) is 98.3 Å². The number of benzene rings is 1. The van der Waals surface area contributed by atoms with Crippen LogP contribution < -0.4 is 15.7 Å². The minimum absolute atomic E-state index is 0.128. The predicted octanol–water partition coefficient (Wildman–Crippen LogP) is 1.38. The highest BCUT2D eigenvalue weighted by Gasteiger charge is 2.11. The van der Waals surface area contributed by atoms with Crippen LogP contribution in [0.4, 0.5) is 5.69 Å². The van der Waals surface area contributed by atoms with E-state index in [9.17, 15) is 0 Å². The van der Waals surface area contributed by atoms with E-state index in [-0.39, 0.29) is 5.54 Å². The van der Waals surface area contributed by atoms with Crippen LogP contribution in [-0.2, 0) is 20.8 Å². The Kier molecular flexibility index (Phi) is 9.36. The van der Waals surface area contributed by atoms with Crippen molar-refractivity contribution < 1.29 is 18.9 Å². The van der Waals surface area contributed by atoms with Crippen LogP contribution in [0, 0.1) is 0 Å². The van der Waals surface area contributed by atoms with Crippen molar-refractivity contribution in [1.82, 2.24) is 15.6 Å². The van der Waals surface area contributed by atoms with Crippen molar-refractivity contribution in [3.05, 3.63) is 30.5 Å². The van der Waals surface area contributed by atoms with Crippen LogP contribution in [0.2, 0.25) is 0 Å². The molecule has 0 saturated carbocycles. The maximum atomic E-state index is 5.71. The Balaban J connectivity index is 1.45. The molecular formula is C20H34N5O3+. The van der Waals surface area contributed by atoms with Gasteiger partial charge < -0.3 is 25.3 Å². The first-order valence-corrected chi connectivity index (χ1v) is 9.73. The molecule has 2 aromatic rings. The van der Waals surface area contributed by atoms with E-state index in [1.807, 2.05) is 35.1 Å². The lowest BCUT2D eigenvalue weighted by molar-refractivity contribution is -0.754. The normalized spacial score (nSPS) is 11.8. The third kappa shape index (κ3) is 9.27. The molecule has 28 heavy (non-hydrogen) atoms. The Morgan fingerprint density at radius 2 is 1.57 bits per heavy atom. The van der Waals surface area contributed by atoms with Gasteiger partial charge in [0, 0.05) is 28.4 Å². The number of hydrogen-bond acceptors (Lipinski definition) is 6. The lowest BCUT2D eigenvalue weighted by Gasteiger charge is -2.20. The fourth-order valence-corrected chi connectivity index (χ4v) is 2.43. The van der Waals surface area contributed by atoms with Gasteiger partial charge in [-0.05, 0) is 45.0 Å². The van der Waals surface area contributed by atoms with Crippen molar-refractivity contribution >= 4 is 5.69 Å². The second-order valence-corrected chi connectivity index (χ2v) is 7.56. The Hall–Kier alpha value is -2.00. The van der Waals surface area contributed by atoms with E-state index in [2.05, 4.69) is 36.4 Å². The Morgan fingerprint density at radius 3 is 2.21 bits per heavy atom. The molecule has 8 heteroatoms. The molecule has 1 heterocycles. The standard InChI is InChI=1S/C20H33N5O3/c1-20(2,3)22-8-10-26-12-14-28-15-13-27-11-9-25-16-19(23-24-25)17-4-6-18(21)7-5-17/h4-7,16,22H,8-15,21H2,1-3H3/p+1. The highest BCUT2D eigenvalue weighted by molar-refractivity contribution is 5.60. The fraction of sp³-hybridized carbons (Fsp3) is 0.600. The molecule has 0 spiro atoms. The van der Waals surface area contributed by atoms with E-state index in [1.165, 1.54) is 0 Å². The van der Waals surface area contributed by atoms with Crippen LogP contribution in [0.3, 0.4) is 0 Å². The van der Waals surface area contributed by atoms with Gasteiger partial charge >= 0.3 is 0 Å². The summed E-state index contributed by atoms with van der Waals surface area (Å²) in [5.74, 6) is 0. The summed E-state index contributed by atoms with van der Waals surface area (Å²) in [5, 5.41) is 10.6. The molecule has 0 atom stereocenters. The number of rotatable bonds is 13. The smallest absolute Gasteiger partial charge is 0.248 e. The van der Waals surface area contributed by atoms with Gasteiger partial charge in [-0.2, -0.15) is 4.68 Å². The first-order chi connectivity index (χ1) is 13.4.